The molecule has 0 aliphatic carbocycles. The molecule has 158 valence electrons. The molecule has 0 unspecified atom stereocenters. The smallest absolute Gasteiger partial charge is 0.231 e. The molecule has 6 heteroatoms. The number of aromatic nitrogens is 3. The highest BCUT2D eigenvalue weighted by molar-refractivity contribution is 5.78. The molecule has 0 bridgehead atoms. The molecule has 0 saturated carbocycles. The molecular formula is C26H22N4O2. The Morgan fingerprint density at radius 2 is 1.81 bits per heavy atom. The van der Waals surface area contributed by atoms with E-state index in [0.717, 1.165) is 64.9 Å². The van der Waals surface area contributed by atoms with E-state index in [4.69, 9.17) is 24.7 Å². The van der Waals surface area contributed by atoms with E-state index in [0.29, 0.717) is 5.56 Å². The maximum Gasteiger partial charge on any atom is 0.231 e. The van der Waals surface area contributed by atoms with Crippen LogP contribution in [0.2, 0.25) is 0 Å². The van der Waals surface area contributed by atoms with Crippen LogP contribution in [0.15, 0.2) is 60.7 Å². The van der Waals surface area contributed by atoms with Gasteiger partial charge in [-0.15, -0.1) is 0 Å². The maximum absolute atomic E-state index is 8.96. The van der Waals surface area contributed by atoms with Gasteiger partial charge in [0.1, 0.15) is 5.82 Å². The van der Waals surface area contributed by atoms with E-state index in [9.17, 15) is 0 Å². The van der Waals surface area contributed by atoms with Gasteiger partial charge in [-0.1, -0.05) is 18.2 Å². The lowest BCUT2D eigenvalue weighted by atomic mass is 10.1. The van der Waals surface area contributed by atoms with Crippen molar-refractivity contribution in [2.75, 3.05) is 6.79 Å². The molecule has 0 amide bonds. The minimum atomic E-state index is 0.242. The Bertz CT molecular complexity index is 1300. The van der Waals surface area contributed by atoms with E-state index in [1.165, 1.54) is 5.56 Å². The molecule has 0 atom stereocenters. The third kappa shape index (κ3) is 4.06. The first-order valence-corrected chi connectivity index (χ1v) is 10.6. The molecule has 1 aliphatic heterocycles. The fourth-order valence-corrected chi connectivity index (χ4v) is 3.87. The number of pyridine rings is 1. The van der Waals surface area contributed by atoms with Crippen LogP contribution in [0.3, 0.4) is 0 Å². The summed E-state index contributed by atoms with van der Waals surface area (Å²) < 4.78 is 11.0. The van der Waals surface area contributed by atoms with Crippen molar-refractivity contribution in [1.29, 1.82) is 5.26 Å². The van der Waals surface area contributed by atoms with Gasteiger partial charge in [0.2, 0.25) is 6.79 Å². The van der Waals surface area contributed by atoms with E-state index >= 15 is 0 Å². The van der Waals surface area contributed by atoms with Crippen LogP contribution < -0.4 is 9.47 Å². The normalized spacial score (nSPS) is 12.0. The standard InChI is InChI=1S/C26H22N4O2/c1-17-4-2-6-21(28-17)26-25(20-12-13-22-23(14-20)32-16-31-22)29-24(30-26)7-3-5-18-8-10-19(15-27)11-9-18/h2,4,6,8-14H,3,5,7,16H2,1H3,(H,29,30). The summed E-state index contributed by atoms with van der Waals surface area (Å²) in [6.45, 7) is 2.23. The van der Waals surface area contributed by atoms with E-state index in [1.807, 2.05) is 67.6 Å². The fraction of sp³-hybridized carbons (Fsp3) is 0.192. The van der Waals surface area contributed by atoms with Crippen LogP contribution in [0, 0.1) is 18.3 Å². The van der Waals surface area contributed by atoms with Crippen LogP contribution in [0.1, 0.15) is 29.1 Å². The summed E-state index contributed by atoms with van der Waals surface area (Å²) in [5.74, 6) is 2.41. The Morgan fingerprint density at radius 1 is 0.969 bits per heavy atom. The molecule has 2 aromatic heterocycles. The molecule has 1 N–H and O–H groups in total. The van der Waals surface area contributed by atoms with Crippen molar-refractivity contribution >= 4 is 0 Å². The number of nitriles is 1. The van der Waals surface area contributed by atoms with Crippen LogP contribution >= 0.6 is 0 Å². The zero-order valence-corrected chi connectivity index (χ0v) is 17.8. The molecule has 4 aromatic rings. The van der Waals surface area contributed by atoms with Crippen LogP contribution in [0.25, 0.3) is 22.6 Å². The number of nitrogens with one attached hydrogen (secondary N) is 1. The summed E-state index contributed by atoms with van der Waals surface area (Å²) in [6, 6.07) is 21.8. The summed E-state index contributed by atoms with van der Waals surface area (Å²) in [7, 11) is 0. The van der Waals surface area contributed by atoms with Gasteiger partial charge in [-0.25, -0.2) is 4.98 Å². The highest BCUT2D eigenvalue weighted by Crippen LogP contribution is 2.38. The number of hydrogen-bond acceptors (Lipinski definition) is 5. The second-order valence-electron chi connectivity index (χ2n) is 7.80. The van der Waals surface area contributed by atoms with E-state index in [2.05, 4.69) is 11.1 Å². The Kier molecular flexibility index (Phi) is 5.30. The van der Waals surface area contributed by atoms with Crippen molar-refractivity contribution in [1.82, 2.24) is 15.0 Å². The van der Waals surface area contributed by atoms with Crippen molar-refractivity contribution in [3.63, 3.8) is 0 Å². The highest BCUT2D eigenvalue weighted by Gasteiger charge is 2.19. The van der Waals surface area contributed by atoms with Crippen molar-refractivity contribution < 1.29 is 9.47 Å². The fourth-order valence-electron chi connectivity index (χ4n) is 3.87. The second-order valence-corrected chi connectivity index (χ2v) is 7.80. The molecule has 2 aromatic carbocycles. The number of nitrogens with zero attached hydrogens (tertiary/aromatic N) is 3. The first kappa shape index (κ1) is 19.8. The van der Waals surface area contributed by atoms with Gasteiger partial charge in [0.05, 0.1) is 28.7 Å². The van der Waals surface area contributed by atoms with Gasteiger partial charge < -0.3 is 14.5 Å². The van der Waals surface area contributed by atoms with Gasteiger partial charge >= 0.3 is 0 Å². The minimum Gasteiger partial charge on any atom is -0.454 e. The molecule has 0 fully saturated rings. The zero-order chi connectivity index (χ0) is 21.9. The van der Waals surface area contributed by atoms with Crippen LogP contribution in [0.5, 0.6) is 11.5 Å². The Labute approximate surface area is 186 Å². The molecule has 6 nitrogen and oxygen atoms in total. The quantitative estimate of drug-likeness (QED) is 0.460. The van der Waals surface area contributed by atoms with Gasteiger partial charge in [0.25, 0.3) is 0 Å². The predicted octanol–water partition coefficient (Wildman–Crippen LogP) is 5.22. The first-order valence-electron chi connectivity index (χ1n) is 10.6. The van der Waals surface area contributed by atoms with Crippen molar-refractivity contribution in [3.8, 4) is 40.2 Å². The van der Waals surface area contributed by atoms with Crippen molar-refractivity contribution in [3.05, 3.63) is 83.3 Å². The topological polar surface area (TPSA) is 83.8 Å². The van der Waals surface area contributed by atoms with Crippen LogP contribution in [-0.2, 0) is 12.8 Å². The summed E-state index contributed by atoms with van der Waals surface area (Å²) in [5, 5.41) is 8.96. The number of imidazole rings is 1. The van der Waals surface area contributed by atoms with Gasteiger partial charge in [0, 0.05) is 17.7 Å². The summed E-state index contributed by atoms with van der Waals surface area (Å²) in [6.07, 6.45) is 2.67. The SMILES string of the molecule is Cc1cccc(-c2[nH]c(CCCc3ccc(C#N)cc3)nc2-c2ccc3c(c2)OCO3)n1. The molecule has 0 spiro atoms. The monoisotopic (exact) mass is 422 g/mol. The van der Waals surface area contributed by atoms with Gasteiger partial charge in [0.15, 0.2) is 11.5 Å². The average Bonchev–Trinajstić information content (AvgIpc) is 3.46. The lowest BCUT2D eigenvalue weighted by Gasteiger charge is -2.04. The second kappa shape index (κ2) is 8.56. The van der Waals surface area contributed by atoms with Crippen LogP contribution in [-0.4, -0.2) is 21.7 Å². The van der Waals surface area contributed by atoms with Gasteiger partial charge in [-0.05, 0) is 67.8 Å². The number of rotatable bonds is 6. The van der Waals surface area contributed by atoms with E-state index < -0.39 is 0 Å². The number of ether oxygens (including phenoxy) is 2. The highest BCUT2D eigenvalue weighted by atomic mass is 16.7. The Morgan fingerprint density at radius 3 is 2.62 bits per heavy atom. The molecule has 0 saturated heterocycles. The lowest BCUT2D eigenvalue weighted by Crippen LogP contribution is -1.93. The minimum absolute atomic E-state index is 0.242. The molecule has 32 heavy (non-hydrogen) atoms. The Hall–Kier alpha value is -4.11. The van der Waals surface area contributed by atoms with Gasteiger partial charge in [-0.3, -0.25) is 4.98 Å². The summed E-state index contributed by atoms with van der Waals surface area (Å²) >= 11 is 0. The van der Waals surface area contributed by atoms with Gasteiger partial charge in [-0.2, -0.15) is 5.26 Å². The third-order valence-electron chi connectivity index (χ3n) is 5.51. The number of hydrogen-bond donors (Lipinski definition) is 1. The largest absolute Gasteiger partial charge is 0.454 e. The average molecular weight is 422 g/mol. The van der Waals surface area contributed by atoms with Crippen molar-refractivity contribution in [2.45, 2.75) is 26.2 Å². The number of benzene rings is 2. The number of H-pyrrole nitrogens is 1. The lowest BCUT2D eigenvalue weighted by molar-refractivity contribution is 0.174. The summed E-state index contributed by atoms with van der Waals surface area (Å²) in [4.78, 5) is 13.1. The van der Waals surface area contributed by atoms with E-state index in [1.54, 1.807) is 0 Å². The van der Waals surface area contributed by atoms with E-state index in [-0.39, 0.29) is 6.79 Å². The molecule has 3 heterocycles. The number of aryl methyl sites for hydroxylation is 3. The zero-order valence-electron chi connectivity index (χ0n) is 17.8. The predicted molar refractivity (Wildman–Crippen MR) is 121 cm³/mol. The molecule has 5 rings (SSSR count). The van der Waals surface area contributed by atoms with Crippen molar-refractivity contribution in [2.24, 2.45) is 0 Å². The molecule has 0 radical (unpaired) electrons. The Balaban J connectivity index is 1.42. The number of fused-ring (bicyclic) bond motifs is 1. The third-order valence-corrected chi connectivity index (χ3v) is 5.51. The van der Waals surface area contributed by atoms with Crippen LogP contribution in [0.4, 0.5) is 0 Å². The molecule has 1 aliphatic rings. The number of aromatic amines is 1. The summed E-state index contributed by atoms with van der Waals surface area (Å²) in [5.41, 5.74) is 6.44. The molecular weight excluding hydrogens is 400 g/mol. The maximum atomic E-state index is 8.96. The first-order chi connectivity index (χ1) is 15.7.